The van der Waals surface area contributed by atoms with E-state index in [2.05, 4.69) is 17.6 Å². The summed E-state index contributed by atoms with van der Waals surface area (Å²) in [7, 11) is 0. The van der Waals surface area contributed by atoms with Crippen molar-refractivity contribution >= 4 is 47.4 Å². The molecule has 0 aromatic heterocycles. The van der Waals surface area contributed by atoms with Gasteiger partial charge in [0.15, 0.2) is 5.96 Å². The lowest BCUT2D eigenvalue weighted by molar-refractivity contribution is 0.0527. The first-order valence-corrected chi connectivity index (χ1v) is 14.3. The van der Waals surface area contributed by atoms with Crippen LogP contribution in [0.15, 0.2) is 53.4 Å². The quantitative estimate of drug-likeness (QED) is 0.0778. The molecular weight excluding hydrogens is 544 g/mol. The number of hydrogen-bond acceptors (Lipinski definition) is 5. The van der Waals surface area contributed by atoms with Crippen molar-refractivity contribution in [3.05, 3.63) is 76.3 Å². The molecular formula is C31H39ClN4O3S. The minimum atomic E-state index is -0.221. The number of amides is 1. The molecule has 40 heavy (non-hydrogen) atoms. The molecule has 1 aliphatic heterocycles. The summed E-state index contributed by atoms with van der Waals surface area (Å²) in [4.78, 5) is 13.8. The van der Waals surface area contributed by atoms with Crippen LogP contribution in [0.25, 0.3) is 0 Å². The summed E-state index contributed by atoms with van der Waals surface area (Å²) in [5, 5.41) is 23.4. The number of thioether (sulfide) groups is 1. The standard InChI is InChI=1S/C31H38N4O3S.ClH/c1-19-20(2)28-26(21(3)27(19)36)14-16-31(4,38-28)15-5-6-17-39-25-12-10-23(11-13-25)34-29(37)22-8-7-9-24(18-22)35-30(32)33;/h7-13,18,36H,5-6,14-17H2,1-4H3,(H,34,37)(H4,32,33,35);1H. The third-order valence-corrected chi connectivity index (χ3v) is 8.58. The minimum absolute atomic E-state index is 0. The highest BCUT2D eigenvalue weighted by molar-refractivity contribution is 7.99. The topological polar surface area (TPSA) is 120 Å². The molecule has 3 aromatic carbocycles. The highest BCUT2D eigenvalue weighted by Gasteiger charge is 2.34. The van der Waals surface area contributed by atoms with Gasteiger partial charge in [0, 0.05) is 27.4 Å². The summed E-state index contributed by atoms with van der Waals surface area (Å²) in [6.45, 7) is 8.19. The van der Waals surface area contributed by atoms with Gasteiger partial charge in [0.25, 0.3) is 5.91 Å². The van der Waals surface area contributed by atoms with Gasteiger partial charge in [0.05, 0.1) is 0 Å². The predicted octanol–water partition coefficient (Wildman–Crippen LogP) is 7.34. The van der Waals surface area contributed by atoms with Crippen molar-refractivity contribution < 1.29 is 14.6 Å². The summed E-state index contributed by atoms with van der Waals surface area (Å²) in [6, 6.07) is 14.8. The van der Waals surface area contributed by atoms with Gasteiger partial charge in [-0.2, -0.15) is 0 Å². The van der Waals surface area contributed by atoms with E-state index < -0.39 is 0 Å². The number of guanidine groups is 1. The van der Waals surface area contributed by atoms with E-state index in [0.29, 0.717) is 17.0 Å². The SMILES string of the molecule is Cc1c(C)c2c(c(C)c1O)CCC(C)(CCCCSc1ccc(NC(=O)c3cccc(NC(=N)N)c3)cc1)O2.Cl. The second-order valence-electron chi connectivity index (χ2n) is 10.5. The van der Waals surface area contributed by atoms with Crippen LogP contribution in [0.1, 0.15) is 65.2 Å². The highest BCUT2D eigenvalue weighted by Crippen LogP contribution is 2.44. The lowest BCUT2D eigenvalue weighted by Crippen LogP contribution is -2.37. The van der Waals surface area contributed by atoms with E-state index in [4.69, 9.17) is 15.9 Å². The Labute approximate surface area is 247 Å². The van der Waals surface area contributed by atoms with Crippen molar-refractivity contribution in [2.75, 3.05) is 16.4 Å². The van der Waals surface area contributed by atoms with Gasteiger partial charge in [-0.3, -0.25) is 10.2 Å². The van der Waals surface area contributed by atoms with Crippen LogP contribution in [-0.2, 0) is 6.42 Å². The number of fused-ring (bicyclic) bond motifs is 1. The van der Waals surface area contributed by atoms with Crippen molar-refractivity contribution in [3.63, 3.8) is 0 Å². The molecule has 1 heterocycles. The number of nitrogens with two attached hydrogens (primary N) is 1. The molecule has 0 saturated heterocycles. The van der Waals surface area contributed by atoms with E-state index in [1.54, 1.807) is 24.3 Å². The Kier molecular flexibility index (Phi) is 10.4. The van der Waals surface area contributed by atoms with Gasteiger partial charge in [0.2, 0.25) is 0 Å². The number of benzene rings is 3. The molecule has 0 radical (unpaired) electrons. The third kappa shape index (κ3) is 7.43. The van der Waals surface area contributed by atoms with Gasteiger partial charge in [-0.25, -0.2) is 0 Å². The predicted molar refractivity (Wildman–Crippen MR) is 168 cm³/mol. The molecule has 0 saturated carbocycles. The molecule has 0 fully saturated rings. The molecule has 1 atom stereocenters. The van der Waals surface area contributed by atoms with E-state index in [1.807, 2.05) is 56.8 Å². The Hall–Kier alpha value is -3.36. The second kappa shape index (κ2) is 13.3. The maximum Gasteiger partial charge on any atom is 0.255 e. The molecule has 9 heteroatoms. The van der Waals surface area contributed by atoms with E-state index in [9.17, 15) is 9.90 Å². The van der Waals surface area contributed by atoms with Gasteiger partial charge in [-0.1, -0.05) is 6.07 Å². The summed E-state index contributed by atoms with van der Waals surface area (Å²) in [6.07, 6.45) is 5.07. The number of phenols is 1. The number of hydrogen-bond donors (Lipinski definition) is 5. The van der Waals surface area contributed by atoms with Crippen molar-refractivity contribution in [1.29, 1.82) is 5.41 Å². The Morgan fingerprint density at radius 3 is 2.48 bits per heavy atom. The number of nitrogens with one attached hydrogen (secondary N) is 3. The fourth-order valence-corrected chi connectivity index (χ4v) is 5.91. The Balaban J connectivity index is 0.00000441. The molecule has 3 aromatic rings. The van der Waals surface area contributed by atoms with Crippen LogP contribution in [0.4, 0.5) is 11.4 Å². The molecule has 214 valence electrons. The number of carbonyl (C=O) groups is 1. The number of halogens is 1. The van der Waals surface area contributed by atoms with Crippen LogP contribution in [0.5, 0.6) is 11.5 Å². The van der Waals surface area contributed by atoms with Crippen LogP contribution in [-0.4, -0.2) is 28.3 Å². The van der Waals surface area contributed by atoms with Crippen molar-refractivity contribution in [1.82, 2.24) is 0 Å². The Morgan fingerprint density at radius 2 is 1.77 bits per heavy atom. The first-order chi connectivity index (χ1) is 18.6. The summed E-state index contributed by atoms with van der Waals surface area (Å²) < 4.78 is 6.56. The molecule has 7 nitrogen and oxygen atoms in total. The molecule has 0 bridgehead atoms. The molecule has 6 N–H and O–H groups in total. The van der Waals surface area contributed by atoms with Gasteiger partial charge >= 0.3 is 0 Å². The molecule has 1 amide bonds. The number of aromatic hydroxyl groups is 1. The molecule has 4 rings (SSSR count). The zero-order chi connectivity index (χ0) is 28.2. The van der Waals surface area contributed by atoms with E-state index in [0.717, 1.165) is 76.4 Å². The third-order valence-electron chi connectivity index (χ3n) is 7.48. The van der Waals surface area contributed by atoms with Crippen LogP contribution in [0.2, 0.25) is 0 Å². The second-order valence-corrected chi connectivity index (χ2v) is 11.7. The van der Waals surface area contributed by atoms with Gasteiger partial charge in [-0.15, -0.1) is 24.2 Å². The lowest BCUT2D eigenvalue weighted by Gasteiger charge is -2.38. The Bertz CT molecular complexity index is 1380. The minimum Gasteiger partial charge on any atom is -0.507 e. The Morgan fingerprint density at radius 1 is 1.05 bits per heavy atom. The number of unbranched alkanes of at least 4 members (excludes halogenated alkanes) is 1. The van der Waals surface area contributed by atoms with Gasteiger partial charge < -0.3 is 26.2 Å². The van der Waals surface area contributed by atoms with Crippen molar-refractivity contribution in [3.8, 4) is 11.5 Å². The van der Waals surface area contributed by atoms with Crippen molar-refractivity contribution in [2.45, 2.75) is 70.3 Å². The number of carbonyl (C=O) groups excluding carboxylic acids is 1. The van der Waals surface area contributed by atoms with Gasteiger partial charge in [-0.05, 0) is 125 Å². The lowest BCUT2D eigenvalue weighted by atomic mass is 9.85. The monoisotopic (exact) mass is 582 g/mol. The first kappa shape index (κ1) is 31.2. The summed E-state index contributed by atoms with van der Waals surface area (Å²) in [5.41, 5.74) is 11.1. The zero-order valence-electron chi connectivity index (χ0n) is 23.5. The number of ether oxygens (including phenoxy) is 1. The number of rotatable bonds is 9. The normalized spacial score (nSPS) is 15.8. The smallest absolute Gasteiger partial charge is 0.255 e. The maximum absolute atomic E-state index is 12.6. The largest absolute Gasteiger partial charge is 0.507 e. The van der Waals surface area contributed by atoms with Crippen molar-refractivity contribution in [2.24, 2.45) is 5.73 Å². The molecule has 0 aliphatic carbocycles. The summed E-state index contributed by atoms with van der Waals surface area (Å²) in [5.74, 6) is 1.99. The fourth-order valence-electron chi connectivity index (χ4n) is 4.99. The van der Waals surface area contributed by atoms with E-state index >= 15 is 0 Å². The molecule has 1 unspecified atom stereocenters. The first-order valence-electron chi connectivity index (χ1n) is 13.3. The van der Waals surface area contributed by atoms with E-state index in [1.165, 1.54) is 0 Å². The van der Waals surface area contributed by atoms with Crippen LogP contribution in [0, 0.1) is 26.2 Å². The molecule has 1 aliphatic rings. The molecule has 0 spiro atoms. The van der Waals surface area contributed by atoms with E-state index in [-0.39, 0.29) is 29.9 Å². The van der Waals surface area contributed by atoms with Crippen LogP contribution < -0.4 is 21.1 Å². The zero-order valence-corrected chi connectivity index (χ0v) is 25.2. The van der Waals surface area contributed by atoms with Crippen LogP contribution in [0.3, 0.4) is 0 Å². The average molecular weight is 583 g/mol. The van der Waals surface area contributed by atoms with Crippen LogP contribution >= 0.6 is 24.2 Å². The van der Waals surface area contributed by atoms with Gasteiger partial charge in [0.1, 0.15) is 17.1 Å². The number of phenolic OH excluding ortho intramolecular Hbond substituents is 1. The maximum atomic E-state index is 12.6. The highest BCUT2D eigenvalue weighted by atomic mass is 35.5. The fraction of sp³-hybridized carbons (Fsp3) is 0.355. The summed E-state index contributed by atoms with van der Waals surface area (Å²) >= 11 is 1.81. The average Bonchev–Trinajstić information content (AvgIpc) is 2.91. The number of anilines is 2.